The standard InChI is InChI=1S/C40H75O10P/c1-3-5-7-9-11-13-15-16-17-18-19-20-22-24-26-28-30-32-40(44)50-38(36-49-51(45,46)48-34-37(42)33-41)35-47-39(43)31-29-27-25-23-21-14-12-10-8-6-4-2/h11,13,16-17,37-38,41-42H,3-10,12,14-15,18-36H2,1-2H3,(H,45,46)/b13-11-,17-16-. The summed E-state index contributed by atoms with van der Waals surface area (Å²) in [6.07, 6.45) is 34.3. The highest BCUT2D eigenvalue weighted by atomic mass is 31.2. The van der Waals surface area contributed by atoms with Crippen LogP contribution in [0.15, 0.2) is 24.3 Å². The molecule has 3 atom stereocenters. The molecule has 51 heavy (non-hydrogen) atoms. The summed E-state index contributed by atoms with van der Waals surface area (Å²) in [4.78, 5) is 34.8. The van der Waals surface area contributed by atoms with E-state index < -0.39 is 51.8 Å². The molecule has 0 amide bonds. The summed E-state index contributed by atoms with van der Waals surface area (Å²) in [5.74, 6) is -0.931. The van der Waals surface area contributed by atoms with Gasteiger partial charge in [0.2, 0.25) is 0 Å². The zero-order valence-corrected chi connectivity index (χ0v) is 33.2. The molecule has 0 saturated carbocycles. The van der Waals surface area contributed by atoms with Gasteiger partial charge in [-0.3, -0.25) is 18.6 Å². The highest BCUT2D eigenvalue weighted by Crippen LogP contribution is 2.43. The van der Waals surface area contributed by atoms with E-state index >= 15 is 0 Å². The number of rotatable bonds is 38. The van der Waals surface area contributed by atoms with Gasteiger partial charge in [-0.1, -0.05) is 147 Å². The Morgan fingerprint density at radius 1 is 0.588 bits per heavy atom. The monoisotopic (exact) mass is 747 g/mol. The van der Waals surface area contributed by atoms with Gasteiger partial charge in [0.1, 0.15) is 12.7 Å². The maximum Gasteiger partial charge on any atom is 0.472 e. The number of phosphoric acid groups is 1. The van der Waals surface area contributed by atoms with Crippen LogP contribution in [0.2, 0.25) is 0 Å². The minimum absolute atomic E-state index is 0.178. The van der Waals surface area contributed by atoms with Crippen LogP contribution in [0.25, 0.3) is 0 Å². The third kappa shape index (κ3) is 36.6. The zero-order valence-electron chi connectivity index (χ0n) is 32.3. The minimum atomic E-state index is -4.61. The van der Waals surface area contributed by atoms with Gasteiger partial charge in [0, 0.05) is 12.8 Å². The third-order valence-corrected chi connectivity index (χ3v) is 9.56. The van der Waals surface area contributed by atoms with Crippen LogP contribution < -0.4 is 0 Å². The summed E-state index contributed by atoms with van der Waals surface area (Å²) < 4.78 is 32.6. The van der Waals surface area contributed by atoms with Crippen molar-refractivity contribution in [2.24, 2.45) is 0 Å². The Bertz CT molecular complexity index is 910. The summed E-state index contributed by atoms with van der Waals surface area (Å²) in [6.45, 7) is 2.34. The van der Waals surface area contributed by atoms with Crippen molar-refractivity contribution in [1.29, 1.82) is 0 Å². The molecule has 11 heteroatoms. The summed E-state index contributed by atoms with van der Waals surface area (Å²) >= 11 is 0. The number of aliphatic hydroxyl groups excluding tert-OH is 2. The number of esters is 2. The van der Waals surface area contributed by atoms with Gasteiger partial charge in [-0.05, 0) is 44.9 Å². The van der Waals surface area contributed by atoms with Crippen LogP contribution in [0.4, 0.5) is 0 Å². The average molecular weight is 747 g/mol. The molecule has 0 aromatic heterocycles. The fourth-order valence-electron chi connectivity index (χ4n) is 5.43. The molecule has 0 fully saturated rings. The first-order chi connectivity index (χ1) is 24.7. The SMILES string of the molecule is CCCCC/C=C\C/C=C\CCCCCCCCCC(=O)OC(COC(=O)CCCCCCCCCCCCC)COP(=O)(O)OCC(O)CO. The van der Waals surface area contributed by atoms with Crippen molar-refractivity contribution >= 4 is 19.8 Å². The van der Waals surface area contributed by atoms with E-state index in [-0.39, 0.29) is 19.4 Å². The van der Waals surface area contributed by atoms with Crippen molar-refractivity contribution in [1.82, 2.24) is 0 Å². The van der Waals surface area contributed by atoms with Gasteiger partial charge >= 0.3 is 19.8 Å². The molecule has 10 nitrogen and oxygen atoms in total. The van der Waals surface area contributed by atoms with E-state index in [1.165, 1.54) is 83.5 Å². The average Bonchev–Trinajstić information content (AvgIpc) is 3.12. The number of phosphoric ester groups is 1. The van der Waals surface area contributed by atoms with Gasteiger partial charge in [-0.15, -0.1) is 0 Å². The first-order valence-electron chi connectivity index (χ1n) is 20.3. The van der Waals surface area contributed by atoms with Crippen LogP contribution >= 0.6 is 7.82 Å². The molecule has 0 aromatic carbocycles. The Kier molecular flexibility index (Phi) is 35.7. The van der Waals surface area contributed by atoms with Crippen LogP contribution in [0.5, 0.6) is 0 Å². The summed E-state index contributed by atoms with van der Waals surface area (Å²) in [5, 5.41) is 18.3. The van der Waals surface area contributed by atoms with Gasteiger partial charge in [-0.25, -0.2) is 4.57 Å². The topological polar surface area (TPSA) is 149 Å². The van der Waals surface area contributed by atoms with Gasteiger partial charge in [0.25, 0.3) is 0 Å². The fourth-order valence-corrected chi connectivity index (χ4v) is 6.22. The molecule has 3 unspecified atom stereocenters. The maximum absolute atomic E-state index is 12.6. The summed E-state index contributed by atoms with van der Waals surface area (Å²) in [6, 6.07) is 0. The Morgan fingerprint density at radius 2 is 1.02 bits per heavy atom. The molecule has 3 N–H and O–H groups in total. The number of ether oxygens (including phenoxy) is 2. The van der Waals surface area contributed by atoms with E-state index in [2.05, 4.69) is 42.7 Å². The van der Waals surface area contributed by atoms with Gasteiger partial charge in [0.15, 0.2) is 6.10 Å². The molecule has 0 aliphatic carbocycles. The lowest BCUT2D eigenvalue weighted by Crippen LogP contribution is -2.29. The molecular weight excluding hydrogens is 671 g/mol. The molecule has 0 radical (unpaired) electrons. The zero-order chi connectivity index (χ0) is 37.7. The van der Waals surface area contributed by atoms with Crippen molar-refractivity contribution in [3.63, 3.8) is 0 Å². The molecular formula is C40H75O10P. The second-order valence-corrected chi connectivity index (χ2v) is 15.1. The summed E-state index contributed by atoms with van der Waals surface area (Å²) in [7, 11) is -4.61. The number of hydrogen-bond acceptors (Lipinski definition) is 9. The Labute approximate surface area is 310 Å². The van der Waals surface area contributed by atoms with Crippen molar-refractivity contribution < 1.29 is 47.8 Å². The van der Waals surface area contributed by atoms with E-state index in [9.17, 15) is 24.2 Å². The van der Waals surface area contributed by atoms with Gasteiger partial charge in [-0.2, -0.15) is 0 Å². The largest absolute Gasteiger partial charge is 0.472 e. The lowest BCUT2D eigenvalue weighted by Gasteiger charge is -2.20. The van der Waals surface area contributed by atoms with E-state index in [1.807, 2.05) is 0 Å². The Morgan fingerprint density at radius 3 is 1.55 bits per heavy atom. The summed E-state index contributed by atoms with van der Waals surface area (Å²) in [5.41, 5.74) is 0. The van der Waals surface area contributed by atoms with Crippen molar-refractivity contribution in [2.45, 2.75) is 193 Å². The van der Waals surface area contributed by atoms with Crippen LogP contribution in [-0.4, -0.2) is 65.7 Å². The van der Waals surface area contributed by atoms with Gasteiger partial charge < -0.3 is 24.6 Å². The van der Waals surface area contributed by atoms with Crippen molar-refractivity contribution in [3.05, 3.63) is 24.3 Å². The number of unbranched alkanes of at least 4 members (excludes halogenated alkanes) is 20. The highest BCUT2D eigenvalue weighted by molar-refractivity contribution is 7.47. The molecule has 0 saturated heterocycles. The predicted molar refractivity (Wildman–Crippen MR) is 205 cm³/mol. The number of aliphatic hydroxyl groups is 2. The second-order valence-electron chi connectivity index (χ2n) is 13.7. The first kappa shape index (κ1) is 49.5. The molecule has 0 aromatic rings. The molecule has 0 aliphatic rings. The highest BCUT2D eigenvalue weighted by Gasteiger charge is 2.27. The number of carbonyl (C=O) groups is 2. The minimum Gasteiger partial charge on any atom is -0.462 e. The van der Waals surface area contributed by atoms with Crippen LogP contribution in [0, 0.1) is 0 Å². The molecule has 300 valence electrons. The predicted octanol–water partition coefficient (Wildman–Crippen LogP) is 10.2. The lowest BCUT2D eigenvalue weighted by atomic mass is 10.1. The van der Waals surface area contributed by atoms with Crippen molar-refractivity contribution in [2.75, 3.05) is 26.4 Å². The van der Waals surface area contributed by atoms with Crippen LogP contribution in [0.3, 0.4) is 0 Å². The quantitative estimate of drug-likeness (QED) is 0.0241. The first-order valence-corrected chi connectivity index (χ1v) is 21.8. The maximum atomic E-state index is 12.6. The lowest BCUT2D eigenvalue weighted by molar-refractivity contribution is -0.161. The number of hydrogen-bond donors (Lipinski definition) is 3. The van der Waals surface area contributed by atoms with E-state index in [1.54, 1.807) is 0 Å². The normalized spacial score (nSPS) is 14.2. The van der Waals surface area contributed by atoms with Gasteiger partial charge in [0.05, 0.1) is 19.8 Å². The molecule has 0 heterocycles. The number of carbonyl (C=O) groups excluding carboxylic acids is 2. The van der Waals surface area contributed by atoms with Crippen molar-refractivity contribution in [3.8, 4) is 0 Å². The third-order valence-electron chi connectivity index (χ3n) is 8.61. The fraction of sp³-hybridized carbons (Fsp3) is 0.850. The molecule has 0 rings (SSSR count). The van der Waals surface area contributed by atoms with E-state index in [0.29, 0.717) is 12.8 Å². The van der Waals surface area contributed by atoms with Crippen LogP contribution in [0.1, 0.15) is 181 Å². The number of allylic oxidation sites excluding steroid dienone is 4. The molecule has 0 aliphatic heterocycles. The Balaban J connectivity index is 4.32. The van der Waals surface area contributed by atoms with Crippen LogP contribution in [-0.2, 0) is 32.7 Å². The second kappa shape index (κ2) is 36.8. The molecule has 0 bridgehead atoms. The van der Waals surface area contributed by atoms with E-state index in [4.69, 9.17) is 19.1 Å². The van der Waals surface area contributed by atoms with E-state index in [0.717, 1.165) is 57.8 Å². The smallest absolute Gasteiger partial charge is 0.462 e. The Hall–Kier alpha value is -1.55. The molecule has 0 spiro atoms.